The number of nitrogens with zero attached hydrogens (tertiary/aromatic N) is 1. The van der Waals surface area contributed by atoms with E-state index in [4.69, 9.17) is 0 Å². The van der Waals surface area contributed by atoms with E-state index in [2.05, 4.69) is 32.6 Å². The monoisotopic (exact) mass is 245 g/mol. The maximum absolute atomic E-state index is 12.0. The number of fused-ring (bicyclic) bond motifs is 1. The lowest BCUT2D eigenvalue weighted by molar-refractivity contribution is 0.569. The summed E-state index contributed by atoms with van der Waals surface area (Å²) in [5.74, 6) is 6.19. The lowest BCUT2D eigenvalue weighted by atomic mass is 9.98. The van der Waals surface area contributed by atoms with Crippen molar-refractivity contribution in [2.24, 2.45) is 5.41 Å². The zero-order chi connectivity index (χ0) is 12.5. The summed E-state index contributed by atoms with van der Waals surface area (Å²) in [4.78, 5) is 12.0. The molecule has 88 valence electrons. The highest BCUT2D eigenvalue weighted by atomic mass is 32.1. The number of thiophene rings is 1. The molecule has 0 aliphatic carbocycles. The van der Waals surface area contributed by atoms with E-state index in [-0.39, 0.29) is 11.0 Å². The quantitative estimate of drug-likeness (QED) is 0.708. The first kappa shape index (κ1) is 11.9. The van der Waals surface area contributed by atoms with E-state index in [1.54, 1.807) is 15.9 Å². The molecule has 2 aromatic heterocycles. The summed E-state index contributed by atoms with van der Waals surface area (Å²) < 4.78 is 2.70. The maximum Gasteiger partial charge on any atom is 0.260 e. The van der Waals surface area contributed by atoms with Gasteiger partial charge >= 0.3 is 0 Å². The van der Waals surface area contributed by atoms with Gasteiger partial charge in [-0.05, 0) is 38.3 Å². The summed E-state index contributed by atoms with van der Waals surface area (Å²) >= 11 is 1.59. The van der Waals surface area contributed by atoms with Crippen molar-refractivity contribution in [3.05, 3.63) is 34.1 Å². The Morgan fingerprint density at radius 1 is 1.35 bits per heavy atom. The van der Waals surface area contributed by atoms with Crippen LogP contribution in [0.25, 0.3) is 10.1 Å². The normalized spacial score (nSPS) is 11.2. The van der Waals surface area contributed by atoms with E-state index < -0.39 is 0 Å². The Balaban J connectivity index is 2.33. The average Bonchev–Trinajstić information content (AvgIpc) is 2.68. The third kappa shape index (κ3) is 2.78. The Labute approximate surface area is 105 Å². The predicted octanol–water partition coefficient (Wildman–Crippen LogP) is 3.11. The second-order valence-corrected chi connectivity index (χ2v) is 5.95. The van der Waals surface area contributed by atoms with Crippen molar-refractivity contribution >= 4 is 21.4 Å². The molecule has 2 heterocycles. The van der Waals surface area contributed by atoms with Gasteiger partial charge in [0.25, 0.3) is 5.56 Å². The molecule has 0 bridgehead atoms. The second-order valence-electron chi connectivity index (χ2n) is 5.00. The van der Waals surface area contributed by atoms with E-state index in [0.717, 1.165) is 10.1 Å². The Morgan fingerprint density at radius 2 is 2.12 bits per heavy atom. The minimum absolute atomic E-state index is 0.0178. The molecular weight excluding hydrogens is 230 g/mol. The molecule has 0 aliphatic rings. The fourth-order valence-electron chi connectivity index (χ4n) is 1.52. The summed E-state index contributed by atoms with van der Waals surface area (Å²) in [6, 6.07) is 3.84. The van der Waals surface area contributed by atoms with Crippen LogP contribution in [0.1, 0.15) is 20.8 Å². The van der Waals surface area contributed by atoms with Crippen LogP contribution in [0.3, 0.4) is 0 Å². The van der Waals surface area contributed by atoms with Crippen LogP contribution >= 0.6 is 11.3 Å². The first-order valence-corrected chi connectivity index (χ1v) is 6.42. The van der Waals surface area contributed by atoms with Gasteiger partial charge in [-0.2, -0.15) is 0 Å². The summed E-state index contributed by atoms with van der Waals surface area (Å²) in [5.41, 5.74) is 0.0303. The van der Waals surface area contributed by atoms with Gasteiger partial charge in [-0.1, -0.05) is 11.8 Å². The van der Waals surface area contributed by atoms with Gasteiger partial charge in [0, 0.05) is 16.3 Å². The van der Waals surface area contributed by atoms with Gasteiger partial charge in [0.15, 0.2) is 0 Å². The molecule has 0 N–H and O–H groups in total. The van der Waals surface area contributed by atoms with Gasteiger partial charge in [0.05, 0.1) is 11.9 Å². The molecule has 0 saturated carbocycles. The van der Waals surface area contributed by atoms with Crippen LogP contribution in [0.2, 0.25) is 0 Å². The Bertz CT molecular complexity index is 646. The summed E-state index contributed by atoms with van der Waals surface area (Å²) in [7, 11) is 0. The van der Waals surface area contributed by atoms with Crippen LogP contribution in [-0.2, 0) is 6.54 Å². The van der Waals surface area contributed by atoms with Crippen LogP contribution in [0.4, 0.5) is 0 Å². The number of hydrogen-bond acceptors (Lipinski definition) is 2. The molecular formula is C14H15NOS. The largest absolute Gasteiger partial charge is 0.303 e. The average molecular weight is 245 g/mol. The van der Waals surface area contributed by atoms with Crippen molar-refractivity contribution in [3.63, 3.8) is 0 Å². The van der Waals surface area contributed by atoms with Crippen molar-refractivity contribution in [2.45, 2.75) is 27.3 Å². The molecule has 0 atom stereocenters. The maximum atomic E-state index is 12.0. The van der Waals surface area contributed by atoms with Crippen molar-refractivity contribution < 1.29 is 0 Å². The Morgan fingerprint density at radius 3 is 2.82 bits per heavy atom. The van der Waals surface area contributed by atoms with Crippen molar-refractivity contribution in [1.29, 1.82) is 0 Å². The second kappa shape index (κ2) is 4.38. The molecule has 17 heavy (non-hydrogen) atoms. The lowest BCUT2D eigenvalue weighted by Crippen LogP contribution is -2.18. The summed E-state index contributed by atoms with van der Waals surface area (Å²) in [5, 5.41) is 2.73. The van der Waals surface area contributed by atoms with E-state index >= 15 is 0 Å². The van der Waals surface area contributed by atoms with Gasteiger partial charge in [0.2, 0.25) is 0 Å². The highest BCUT2D eigenvalue weighted by Crippen LogP contribution is 2.16. The minimum Gasteiger partial charge on any atom is -0.303 e. The predicted molar refractivity (Wildman–Crippen MR) is 73.3 cm³/mol. The zero-order valence-corrected chi connectivity index (χ0v) is 11.1. The van der Waals surface area contributed by atoms with Gasteiger partial charge in [-0.3, -0.25) is 4.79 Å². The first-order valence-electron chi connectivity index (χ1n) is 5.54. The standard InChI is InChI=1S/C14H15NOS/c1-14(2,3)7-4-8-15-9-5-12-11(13(15)16)6-10-17-12/h5-6,9-10H,8H2,1-3H3. The Hall–Kier alpha value is -1.53. The van der Waals surface area contributed by atoms with E-state index in [1.807, 2.05) is 23.7 Å². The number of pyridine rings is 1. The molecule has 3 heteroatoms. The van der Waals surface area contributed by atoms with Crippen LogP contribution < -0.4 is 5.56 Å². The van der Waals surface area contributed by atoms with Crippen molar-refractivity contribution in [2.75, 3.05) is 0 Å². The van der Waals surface area contributed by atoms with Crippen LogP contribution in [0.5, 0.6) is 0 Å². The molecule has 0 aromatic carbocycles. The molecule has 2 nitrogen and oxygen atoms in total. The van der Waals surface area contributed by atoms with Crippen LogP contribution in [0.15, 0.2) is 28.5 Å². The van der Waals surface area contributed by atoms with Crippen molar-refractivity contribution in [3.8, 4) is 11.8 Å². The third-order valence-corrected chi connectivity index (χ3v) is 3.19. The molecule has 0 spiro atoms. The molecule has 2 rings (SSSR count). The molecule has 2 aromatic rings. The highest BCUT2D eigenvalue weighted by Gasteiger charge is 2.04. The number of hydrogen-bond donors (Lipinski definition) is 0. The summed E-state index contributed by atoms with van der Waals surface area (Å²) in [6.07, 6.45) is 1.82. The van der Waals surface area contributed by atoms with Gasteiger partial charge < -0.3 is 4.57 Å². The number of rotatable bonds is 1. The zero-order valence-electron chi connectivity index (χ0n) is 10.3. The fraction of sp³-hybridized carbons (Fsp3) is 0.357. The lowest BCUT2D eigenvalue weighted by Gasteiger charge is -2.07. The Kier molecular flexibility index (Phi) is 3.08. The van der Waals surface area contributed by atoms with Gasteiger partial charge in [-0.25, -0.2) is 0 Å². The minimum atomic E-state index is -0.0178. The fourth-order valence-corrected chi connectivity index (χ4v) is 2.29. The molecule has 0 fully saturated rings. The molecule has 0 saturated heterocycles. The first-order chi connectivity index (χ1) is 7.97. The summed E-state index contributed by atoms with van der Waals surface area (Å²) in [6.45, 7) is 6.64. The van der Waals surface area contributed by atoms with E-state index in [1.165, 1.54) is 0 Å². The molecule has 0 radical (unpaired) electrons. The molecule has 0 amide bonds. The topological polar surface area (TPSA) is 22.0 Å². The number of aromatic nitrogens is 1. The van der Waals surface area contributed by atoms with Crippen molar-refractivity contribution in [1.82, 2.24) is 4.57 Å². The molecule has 0 unspecified atom stereocenters. The SMILES string of the molecule is CC(C)(C)C#CCn1ccc2sccc2c1=O. The van der Waals surface area contributed by atoms with E-state index in [9.17, 15) is 4.79 Å². The third-order valence-electron chi connectivity index (χ3n) is 2.31. The van der Waals surface area contributed by atoms with Gasteiger partial charge in [-0.15, -0.1) is 11.3 Å². The smallest absolute Gasteiger partial charge is 0.260 e. The van der Waals surface area contributed by atoms with Crippen LogP contribution in [0, 0.1) is 17.3 Å². The highest BCUT2D eigenvalue weighted by molar-refractivity contribution is 7.17. The van der Waals surface area contributed by atoms with E-state index in [0.29, 0.717) is 6.54 Å². The van der Waals surface area contributed by atoms with Gasteiger partial charge in [0.1, 0.15) is 0 Å². The molecule has 0 aliphatic heterocycles. The van der Waals surface area contributed by atoms with Crippen LogP contribution in [-0.4, -0.2) is 4.57 Å².